The molecule has 1 unspecified atom stereocenters. The molecule has 1 aliphatic heterocycles. The number of carboxylic acid groups (broad SMARTS) is 1. The first kappa shape index (κ1) is 15.8. The topological polar surface area (TPSA) is 65.6 Å². The summed E-state index contributed by atoms with van der Waals surface area (Å²) in [5, 5.41) is 11.4. The molecule has 128 valence electrons. The maximum atomic E-state index is 11.8. The molecule has 1 amide bonds. The highest BCUT2D eigenvalue weighted by Crippen LogP contribution is 2.39. The molecule has 1 atom stereocenters. The van der Waals surface area contributed by atoms with Crippen LogP contribution in [-0.2, 0) is 6.42 Å². The summed E-state index contributed by atoms with van der Waals surface area (Å²) in [5.74, 6) is 0.741. The third kappa shape index (κ3) is 2.61. The van der Waals surface area contributed by atoms with Crippen LogP contribution in [0.2, 0.25) is 5.02 Å². The number of aromatic nitrogens is 1. The van der Waals surface area contributed by atoms with Crippen molar-refractivity contribution in [2.75, 3.05) is 13.7 Å². The molecule has 2 heterocycles. The zero-order valence-electron chi connectivity index (χ0n) is 13.6. The predicted molar refractivity (Wildman–Crippen MR) is 96.6 cm³/mol. The molecule has 0 aliphatic carbocycles. The summed E-state index contributed by atoms with van der Waals surface area (Å²) in [4.78, 5) is 16.7. The van der Waals surface area contributed by atoms with E-state index in [1.165, 1.54) is 4.90 Å². The summed E-state index contributed by atoms with van der Waals surface area (Å²) >= 11 is 6.15. The van der Waals surface area contributed by atoms with Crippen molar-refractivity contribution in [2.45, 2.75) is 12.5 Å². The Morgan fingerprint density at radius 1 is 1.28 bits per heavy atom. The van der Waals surface area contributed by atoms with E-state index in [0.717, 1.165) is 33.5 Å². The van der Waals surface area contributed by atoms with Gasteiger partial charge in [0.2, 0.25) is 0 Å². The number of ether oxygens (including phenoxy) is 1. The summed E-state index contributed by atoms with van der Waals surface area (Å²) < 4.78 is 5.21. The Labute approximate surface area is 149 Å². The number of aromatic amines is 1. The maximum absolute atomic E-state index is 11.8. The van der Waals surface area contributed by atoms with E-state index in [0.29, 0.717) is 18.0 Å². The first-order valence-corrected chi connectivity index (χ1v) is 8.40. The fraction of sp³-hybridized carbons (Fsp3) is 0.211. The minimum absolute atomic E-state index is 0.377. The van der Waals surface area contributed by atoms with Crippen LogP contribution < -0.4 is 4.74 Å². The van der Waals surface area contributed by atoms with Gasteiger partial charge in [0.05, 0.1) is 7.11 Å². The average molecular weight is 357 g/mol. The Hall–Kier alpha value is -2.66. The number of hydrogen-bond donors (Lipinski definition) is 2. The van der Waals surface area contributed by atoms with Crippen molar-refractivity contribution in [3.63, 3.8) is 0 Å². The highest BCUT2D eigenvalue weighted by Gasteiger charge is 2.34. The molecule has 3 aromatic rings. The SMILES string of the molecule is COc1ccc(C2c3[nH]c4ccc(Cl)cc4c3CCN2C(=O)O)cc1. The monoisotopic (exact) mass is 356 g/mol. The molecule has 0 fully saturated rings. The molecule has 0 bridgehead atoms. The van der Waals surface area contributed by atoms with Crippen LogP contribution in [0.1, 0.15) is 22.9 Å². The van der Waals surface area contributed by atoms with E-state index in [4.69, 9.17) is 16.3 Å². The lowest BCUT2D eigenvalue weighted by Crippen LogP contribution is -2.39. The van der Waals surface area contributed by atoms with Crippen LogP contribution in [0.3, 0.4) is 0 Å². The van der Waals surface area contributed by atoms with E-state index in [1.54, 1.807) is 7.11 Å². The second-order valence-corrected chi connectivity index (χ2v) is 6.55. The van der Waals surface area contributed by atoms with E-state index >= 15 is 0 Å². The van der Waals surface area contributed by atoms with E-state index in [9.17, 15) is 9.90 Å². The van der Waals surface area contributed by atoms with E-state index in [-0.39, 0.29) is 6.04 Å². The number of halogens is 1. The molecule has 0 saturated carbocycles. The molecule has 0 spiro atoms. The molecule has 5 nitrogen and oxygen atoms in total. The number of carbonyl (C=O) groups is 1. The quantitative estimate of drug-likeness (QED) is 0.712. The molecule has 1 aromatic heterocycles. The van der Waals surface area contributed by atoms with Gasteiger partial charge in [-0.05, 0) is 47.9 Å². The molecule has 25 heavy (non-hydrogen) atoms. The fourth-order valence-corrected chi connectivity index (χ4v) is 3.77. The normalized spacial score (nSPS) is 16.7. The Morgan fingerprint density at radius 3 is 2.72 bits per heavy atom. The van der Waals surface area contributed by atoms with Crippen molar-refractivity contribution < 1.29 is 14.6 Å². The fourth-order valence-electron chi connectivity index (χ4n) is 3.60. The van der Waals surface area contributed by atoms with Crippen molar-refractivity contribution in [2.24, 2.45) is 0 Å². The standard InChI is InChI=1S/C19H17ClN2O3/c1-25-13-5-2-11(3-6-13)18-17-14(8-9-22(18)19(23)24)15-10-12(20)4-7-16(15)21-17/h2-7,10,18,21H,8-9H2,1H3,(H,23,24). The van der Waals surface area contributed by atoms with Gasteiger partial charge in [-0.3, -0.25) is 4.90 Å². The number of rotatable bonds is 2. The van der Waals surface area contributed by atoms with Gasteiger partial charge in [-0.1, -0.05) is 23.7 Å². The second-order valence-electron chi connectivity index (χ2n) is 6.11. The van der Waals surface area contributed by atoms with Gasteiger partial charge in [-0.2, -0.15) is 0 Å². The van der Waals surface area contributed by atoms with Crippen LogP contribution in [0, 0.1) is 0 Å². The van der Waals surface area contributed by atoms with Gasteiger partial charge < -0.3 is 14.8 Å². The minimum Gasteiger partial charge on any atom is -0.497 e. The highest BCUT2D eigenvalue weighted by atomic mass is 35.5. The lowest BCUT2D eigenvalue weighted by Gasteiger charge is -2.34. The number of fused-ring (bicyclic) bond motifs is 3. The van der Waals surface area contributed by atoms with Gasteiger partial charge in [0.1, 0.15) is 11.8 Å². The van der Waals surface area contributed by atoms with E-state index in [1.807, 2.05) is 42.5 Å². The number of nitrogens with one attached hydrogen (secondary N) is 1. The molecule has 6 heteroatoms. The van der Waals surface area contributed by atoms with Crippen molar-refractivity contribution >= 4 is 28.6 Å². The Kier molecular flexibility index (Phi) is 3.81. The predicted octanol–water partition coefficient (Wildman–Crippen LogP) is 4.46. The molecular formula is C19H17ClN2O3. The van der Waals surface area contributed by atoms with Crippen molar-refractivity contribution in [1.82, 2.24) is 9.88 Å². The molecule has 1 aliphatic rings. The Balaban J connectivity index is 1.89. The van der Waals surface area contributed by atoms with Gasteiger partial charge in [0, 0.05) is 28.2 Å². The van der Waals surface area contributed by atoms with Crippen LogP contribution in [-0.4, -0.2) is 34.7 Å². The van der Waals surface area contributed by atoms with Crippen molar-refractivity contribution in [3.05, 3.63) is 64.3 Å². The molecule has 0 radical (unpaired) electrons. The number of amides is 1. The summed E-state index contributed by atoms with van der Waals surface area (Å²) in [6, 6.07) is 12.9. The molecule has 2 aromatic carbocycles. The maximum Gasteiger partial charge on any atom is 0.408 e. The molecule has 4 rings (SSSR count). The van der Waals surface area contributed by atoms with Gasteiger partial charge in [0.15, 0.2) is 0 Å². The number of H-pyrrole nitrogens is 1. The largest absolute Gasteiger partial charge is 0.497 e. The number of methoxy groups -OCH3 is 1. The van der Waals surface area contributed by atoms with E-state index in [2.05, 4.69) is 4.98 Å². The zero-order valence-corrected chi connectivity index (χ0v) is 14.4. The number of benzene rings is 2. The van der Waals surface area contributed by atoms with Crippen molar-refractivity contribution in [1.29, 1.82) is 0 Å². The number of hydrogen-bond acceptors (Lipinski definition) is 2. The van der Waals surface area contributed by atoms with Crippen LogP contribution in [0.15, 0.2) is 42.5 Å². The third-order valence-electron chi connectivity index (χ3n) is 4.77. The molecular weight excluding hydrogens is 340 g/mol. The summed E-state index contributed by atoms with van der Waals surface area (Å²) in [5.41, 5.74) is 3.92. The van der Waals surface area contributed by atoms with Crippen molar-refractivity contribution in [3.8, 4) is 5.75 Å². The Bertz CT molecular complexity index is 949. The van der Waals surface area contributed by atoms with Crippen LogP contribution in [0.4, 0.5) is 4.79 Å². The molecule has 0 saturated heterocycles. The summed E-state index contributed by atoms with van der Waals surface area (Å²) in [6.07, 6.45) is -0.266. The highest BCUT2D eigenvalue weighted by molar-refractivity contribution is 6.31. The number of nitrogens with zero attached hydrogens (tertiary/aromatic N) is 1. The lowest BCUT2D eigenvalue weighted by molar-refractivity contribution is 0.128. The van der Waals surface area contributed by atoms with Gasteiger partial charge in [0.25, 0.3) is 0 Å². The van der Waals surface area contributed by atoms with Crippen LogP contribution >= 0.6 is 11.6 Å². The Morgan fingerprint density at radius 2 is 2.04 bits per heavy atom. The third-order valence-corrected chi connectivity index (χ3v) is 5.00. The van der Waals surface area contributed by atoms with Gasteiger partial charge in [-0.25, -0.2) is 4.79 Å². The van der Waals surface area contributed by atoms with Crippen LogP contribution in [0.5, 0.6) is 5.75 Å². The lowest BCUT2D eigenvalue weighted by atomic mass is 9.92. The zero-order chi connectivity index (χ0) is 17.6. The molecule has 2 N–H and O–H groups in total. The van der Waals surface area contributed by atoms with Crippen LogP contribution in [0.25, 0.3) is 10.9 Å². The minimum atomic E-state index is -0.928. The van der Waals surface area contributed by atoms with E-state index < -0.39 is 6.09 Å². The first-order valence-electron chi connectivity index (χ1n) is 8.02. The van der Waals surface area contributed by atoms with Gasteiger partial charge in [-0.15, -0.1) is 0 Å². The van der Waals surface area contributed by atoms with Gasteiger partial charge >= 0.3 is 6.09 Å². The smallest absolute Gasteiger partial charge is 0.408 e. The summed E-state index contributed by atoms with van der Waals surface area (Å²) in [7, 11) is 1.61. The summed E-state index contributed by atoms with van der Waals surface area (Å²) in [6.45, 7) is 0.443. The average Bonchev–Trinajstić information content (AvgIpc) is 2.98. The first-order chi connectivity index (χ1) is 12.1. The second kappa shape index (κ2) is 6.01.